The Balaban J connectivity index is 1.87. The molecule has 3 rings (SSSR count). The van der Waals surface area contributed by atoms with Crippen LogP contribution in [0.5, 0.6) is 0 Å². The van der Waals surface area contributed by atoms with Crippen molar-refractivity contribution in [2.24, 2.45) is 5.41 Å². The molecule has 0 radical (unpaired) electrons. The summed E-state index contributed by atoms with van der Waals surface area (Å²) >= 11 is 0. The van der Waals surface area contributed by atoms with E-state index in [1.807, 2.05) is 6.92 Å². The predicted molar refractivity (Wildman–Crippen MR) is 142 cm³/mol. The van der Waals surface area contributed by atoms with E-state index in [1.54, 1.807) is 33.0 Å². The summed E-state index contributed by atoms with van der Waals surface area (Å²) < 4.78 is 45.2. The van der Waals surface area contributed by atoms with Crippen LogP contribution in [0.25, 0.3) is 11.3 Å². The summed E-state index contributed by atoms with van der Waals surface area (Å²) in [7, 11) is 0. The highest BCUT2D eigenvalue weighted by Gasteiger charge is 2.46. The van der Waals surface area contributed by atoms with Gasteiger partial charge in [0.15, 0.2) is 5.76 Å². The number of carbonyl (C=O) groups excluding carboxylic acids is 2. The van der Waals surface area contributed by atoms with Crippen molar-refractivity contribution in [1.82, 2.24) is 25.2 Å². The zero-order chi connectivity index (χ0) is 30.4. The van der Waals surface area contributed by atoms with E-state index in [0.717, 1.165) is 17.0 Å². The lowest BCUT2D eigenvalue weighted by Crippen LogP contribution is -2.60. The van der Waals surface area contributed by atoms with Crippen LogP contribution < -0.4 is 5.32 Å². The molecule has 2 atom stereocenters. The molecule has 13 heteroatoms. The van der Waals surface area contributed by atoms with Gasteiger partial charge in [-0.1, -0.05) is 51.4 Å². The predicted octanol–water partition coefficient (Wildman–Crippen LogP) is 5.40. The van der Waals surface area contributed by atoms with Crippen molar-refractivity contribution in [3.63, 3.8) is 0 Å². The van der Waals surface area contributed by atoms with Crippen LogP contribution in [0.4, 0.5) is 18.0 Å². The molecule has 0 saturated carbocycles. The summed E-state index contributed by atoms with van der Waals surface area (Å²) in [6, 6.07) is 5.66. The van der Waals surface area contributed by atoms with E-state index in [0.29, 0.717) is 36.3 Å². The summed E-state index contributed by atoms with van der Waals surface area (Å²) in [5.74, 6) is -1.50. The normalized spacial score (nSPS) is 13.4. The second kappa shape index (κ2) is 13.0. The van der Waals surface area contributed by atoms with Crippen LogP contribution in [-0.2, 0) is 28.9 Å². The van der Waals surface area contributed by atoms with Gasteiger partial charge in [0.05, 0.1) is 36.6 Å². The van der Waals surface area contributed by atoms with Crippen molar-refractivity contribution >= 4 is 17.8 Å². The quantitative estimate of drug-likeness (QED) is 0.260. The maximum Gasteiger partial charge on any atom is 0.416 e. The molecule has 0 aliphatic carbocycles. The number of rotatable bonds is 13. The van der Waals surface area contributed by atoms with Crippen molar-refractivity contribution < 1.29 is 37.2 Å². The van der Waals surface area contributed by atoms with Gasteiger partial charge in [-0.2, -0.15) is 18.3 Å². The number of nitrogens with one attached hydrogen (secondary N) is 1. The van der Waals surface area contributed by atoms with Gasteiger partial charge < -0.3 is 14.9 Å². The summed E-state index contributed by atoms with van der Waals surface area (Å²) in [6.07, 6.45) is -1.42. The van der Waals surface area contributed by atoms with Gasteiger partial charge in [-0.3, -0.25) is 19.2 Å². The van der Waals surface area contributed by atoms with Crippen LogP contribution in [0, 0.1) is 5.41 Å². The number of nitrogens with zero attached hydrogens (tertiary/aromatic N) is 4. The number of hydrogen-bond donors (Lipinski definition) is 2. The molecule has 2 aromatic heterocycles. The molecular weight excluding hydrogens is 543 g/mol. The fourth-order valence-corrected chi connectivity index (χ4v) is 4.91. The molecule has 2 N–H and O–H groups in total. The monoisotopic (exact) mass is 577 g/mol. The molecule has 1 aromatic carbocycles. The van der Waals surface area contributed by atoms with Gasteiger partial charge in [0.2, 0.25) is 5.78 Å². The van der Waals surface area contributed by atoms with Crippen LogP contribution in [0.3, 0.4) is 0 Å². The first-order chi connectivity index (χ1) is 19.3. The molecule has 10 nitrogen and oxygen atoms in total. The Morgan fingerprint density at radius 2 is 1.78 bits per heavy atom. The third kappa shape index (κ3) is 7.74. The molecular formula is C28H34F3N5O5. The molecule has 2 amide bonds. The first kappa shape index (κ1) is 31.4. The Morgan fingerprint density at radius 3 is 2.32 bits per heavy atom. The fraction of sp³-hybridized carbons (Fsp3) is 0.464. The zero-order valence-electron chi connectivity index (χ0n) is 23.3. The fourth-order valence-electron chi connectivity index (χ4n) is 4.91. The van der Waals surface area contributed by atoms with E-state index in [1.165, 1.54) is 29.1 Å². The lowest BCUT2D eigenvalue weighted by atomic mass is 9.76. The maximum atomic E-state index is 13.6. The van der Waals surface area contributed by atoms with Gasteiger partial charge in [0.25, 0.3) is 5.91 Å². The minimum Gasteiger partial charge on any atom is -0.465 e. The van der Waals surface area contributed by atoms with Crippen LogP contribution in [-0.4, -0.2) is 54.8 Å². The Hall–Kier alpha value is -4.16. The molecule has 0 fully saturated rings. The Morgan fingerprint density at radius 1 is 1.10 bits per heavy atom. The highest BCUT2D eigenvalue weighted by molar-refractivity contribution is 6.38. The first-order valence-electron chi connectivity index (χ1n) is 13.2. The van der Waals surface area contributed by atoms with Crippen LogP contribution in [0.15, 0.2) is 53.3 Å². The smallest absolute Gasteiger partial charge is 0.416 e. The minimum absolute atomic E-state index is 0.0507. The second-order valence-electron chi connectivity index (χ2n) is 10.4. The Bertz CT molecular complexity index is 1320. The molecule has 0 aliphatic heterocycles. The van der Waals surface area contributed by atoms with Crippen molar-refractivity contribution in [3.05, 3.63) is 60.1 Å². The largest absolute Gasteiger partial charge is 0.465 e. The second-order valence-corrected chi connectivity index (χ2v) is 10.4. The number of aromatic nitrogens is 3. The van der Waals surface area contributed by atoms with E-state index < -0.39 is 47.0 Å². The van der Waals surface area contributed by atoms with Crippen molar-refractivity contribution in [3.8, 4) is 11.3 Å². The van der Waals surface area contributed by atoms with E-state index in [2.05, 4.69) is 15.6 Å². The number of hydrogen-bond acceptors (Lipinski definition) is 6. The Kier molecular flexibility index (Phi) is 9.95. The number of Topliss-reactive ketones (excluding diaryl/α,β-unsaturated/α-hetero) is 1. The number of carboxylic acid groups (broad SMARTS) is 1. The van der Waals surface area contributed by atoms with Crippen molar-refractivity contribution in [2.45, 2.75) is 78.3 Å². The highest BCUT2D eigenvalue weighted by atomic mass is 19.4. The third-order valence-corrected chi connectivity index (χ3v) is 6.93. The number of halogens is 3. The van der Waals surface area contributed by atoms with Gasteiger partial charge in [-0.05, 0) is 36.5 Å². The van der Waals surface area contributed by atoms with E-state index in [9.17, 15) is 32.7 Å². The van der Waals surface area contributed by atoms with Gasteiger partial charge in [-0.15, -0.1) is 0 Å². The summed E-state index contributed by atoms with van der Waals surface area (Å²) in [5, 5.41) is 20.8. The first-order valence-corrected chi connectivity index (χ1v) is 13.2. The molecule has 3 aromatic rings. The average Bonchev–Trinajstić information content (AvgIpc) is 3.60. The topological polar surface area (TPSA) is 131 Å². The molecule has 41 heavy (non-hydrogen) atoms. The minimum atomic E-state index is -4.46. The van der Waals surface area contributed by atoms with Crippen LogP contribution in [0.1, 0.15) is 58.3 Å². The molecule has 0 unspecified atom stereocenters. The van der Waals surface area contributed by atoms with Gasteiger partial charge >= 0.3 is 12.3 Å². The standard InChI is InChI=1S/C28H34F3N5O5/c1-5-13-27(3,4)24(23(37)25(38)32-16-21-11-14-33-41-21)36(26(39)40)20(6-2)17-35-15-12-22(34-35)18-7-9-19(10-8-18)28(29,30)31/h7-12,14-15,20,24H,5-6,13,16-17H2,1-4H3,(H,32,38)(H,39,40)/t20-,24+/m0/s1. The molecule has 222 valence electrons. The van der Waals surface area contributed by atoms with Gasteiger partial charge in [0, 0.05) is 17.8 Å². The Labute approximate surface area is 235 Å². The van der Waals surface area contributed by atoms with Gasteiger partial charge in [0.1, 0.15) is 6.04 Å². The lowest BCUT2D eigenvalue weighted by Gasteiger charge is -2.42. The van der Waals surface area contributed by atoms with Crippen molar-refractivity contribution in [2.75, 3.05) is 0 Å². The third-order valence-electron chi connectivity index (χ3n) is 6.93. The number of carbonyl (C=O) groups is 3. The molecule has 0 aliphatic rings. The SMILES string of the molecule is CCCC(C)(C)[C@@H](C(=O)C(=O)NCc1ccno1)N(C(=O)O)[C@@H](CC)Cn1ccc(-c2ccc(C(F)(F)F)cc2)n1. The maximum absolute atomic E-state index is 13.6. The zero-order valence-corrected chi connectivity index (χ0v) is 23.3. The average molecular weight is 578 g/mol. The van der Waals surface area contributed by atoms with E-state index >= 15 is 0 Å². The van der Waals surface area contributed by atoms with Gasteiger partial charge in [-0.25, -0.2) is 4.79 Å². The van der Waals surface area contributed by atoms with E-state index in [-0.39, 0.29) is 13.1 Å². The molecule has 0 bridgehead atoms. The highest BCUT2D eigenvalue weighted by Crippen LogP contribution is 2.34. The number of ketones is 1. The number of amides is 2. The number of alkyl halides is 3. The molecule has 0 spiro atoms. The number of benzene rings is 1. The molecule has 0 saturated heterocycles. The van der Waals surface area contributed by atoms with Crippen LogP contribution in [0.2, 0.25) is 0 Å². The van der Waals surface area contributed by atoms with E-state index in [4.69, 9.17) is 4.52 Å². The lowest BCUT2D eigenvalue weighted by molar-refractivity contribution is -0.144. The molecule has 2 heterocycles. The summed E-state index contributed by atoms with van der Waals surface area (Å²) in [5.41, 5.74) is -0.808. The summed E-state index contributed by atoms with van der Waals surface area (Å²) in [6.45, 7) is 7.14. The summed E-state index contributed by atoms with van der Waals surface area (Å²) in [4.78, 5) is 40.2. The van der Waals surface area contributed by atoms with Crippen LogP contribution >= 0.6 is 0 Å². The van der Waals surface area contributed by atoms with Crippen molar-refractivity contribution in [1.29, 1.82) is 0 Å².